The van der Waals surface area contributed by atoms with E-state index in [9.17, 15) is 13.2 Å². The van der Waals surface area contributed by atoms with Gasteiger partial charge in [-0.2, -0.15) is 4.31 Å². The fourth-order valence-corrected chi connectivity index (χ4v) is 8.64. The predicted molar refractivity (Wildman–Crippen MR) is 147 cm³/mol. The number of carbonyl (C=O) groups excluding carboxylic acids is 1. The van der Waals surface area contributed by atoms with Gasteiger partial charge >= 0.3 is 0 Å². The molecule has 1 unspecified atom stereocenters. The molecule has 12 heteroatoms. The Morgan fingerprint density at radius 3 is 2.76 bits per heavy atom. The molecule has 5 rings (SSSR count). The Balaban J connectivity index is 1.49. The average Bonchev–Trinajstić information content (AvgIpc) is 3.56. The number of aromatic nitrogens is 2. The number of aryl methyl sites for hydroxylation is 1. The number of thiophene rings is 1. The Bertz CT molecular complexity index is 1540. The van der Waals surface area contributed by atoms with Crippen LogP contribution in [0.5, 0.6) is 5.75 Å². The van der Waals surface area contributed by atoms with Crippen LogP contribution < -0.4 is 9.64 Å². The molecule has 1 aliphatic rings. The van der Waals surface area contributed by atoms with E-state index in [4.69, 9.17) is 21.3 Å². The summed E-state index contributed by atoms with van der Waals surface area (Å²) in [7, 11) is -2.14. The molecule has 0 radical (unpaired) electrons. The number of piperidine rings is 1. The molecule has 1 aliphatic heterocycles. The van der Waals surface area contributed by atoms with Crippen LogP contribution in [0.15, 0.2) is 52.9 Å². The Hall–Kier alpha value is -2.57. The van der Waals surface area contributed by atoms with Gasteiger partial charge in [-0.1, -0.05) is 35.1 Å². The molecule has 1 saturated heterocycles. The minimum atomic E-state index is -3.74. The lowest BCUT2D eigenvalue weighted by Gasteiger charge is -2.33. The molecule has 0 bridgehead atoms. The van der Waals surface area contributed by atoms with Gasteiger partial charge in [0.15, 0.2) is 5.13 Å². The molecule has 1 amide bonds. The standard InChI is InChI=1S/C25H25ClN4O4S3/c1-16-8-9-19(34-2)22-23(16)36-25(28-22)30(15-18-7-3-4-12-27-18)24(31)17-6-5-13-29(14-17)37(32,33)21-11-10-20(26)35-21/h3-4,7-12,17H,5-6,13-15H2,1-2H3. The molecule has 4 heterocycles. The molecule has 0 aliphatic carbocycles. The van der Waals surface area contributed by atoms with E-state index in [2.05, 4.69) is 4.98 Å². The van der Waals surface area contributed by atoms with Crippen molar-refractivity contribution < 1.29 is 17.9 Å². The summed E-state index contributed by atoms with van der Waals surface area (Å²) in [5.41, 5.74) is 2.45. The molecule has 3 aromatic heterocycles. The normalized spacial score (nSPS) is 16.7. The number of ether oxygens (including phenoxy) is 1. The first-order valence-electron chi connectivity index (χ1n) is 11.7. The van der Waals surface area contributed by atoms with Crippen LogP contribution in [-0.4, -0.2) is 48.8 Å². The van der Waals surface area contributed by atoms with Gasteiger partial charge in [-0.05, 0) is 55.7 Å². The van der Waals surface area contributed by atoms with Gasteiger partial charge in [0.1, 0.15) is 15.5 Å². The van der Waals surface area contributed by atoms with Crippen molar-refractivity contribution in [2.75, 3.05) is 25.1 Å². The van der Waals surface area contributed by atoms with Gasteiger partial charge in [0, 0.05) is 19.3 Å². The number of pyridine rings is 1. The van der Waals surface area contributed by atoms with Gasteiger partial charge in [0.25, 0.3) is 10.0 Å². The smallest absolute Gasteiger partial charge is 0.252 e. The Labute approximate surface area is 228 Å². The molecule has 1 aromatic carbocycles. The van der Waals surface area contributed by atoms with Crippen LogP contribution in [0.2, 0.25) is 4.34 Å². The summed E-state index contributed by atoms with van der Waals surface area (Å²) in [5, 5.41) is 0.531. The summed E-state index contributed by atoms with van der Waals surface area (Å²) in [6.07, 6.45) is 2.85. The van der Waals surface area contributed by atoms with Gasteiger partial charge in [-0.3, -0.25) is 14.7 Å². The van der Waals surface area contributed by atoms with Crippen molar-refractivity contribution in [1.82, 2.24) is 14.3 Å². The van der Waals surface area contributed by atoms with E-state index < -0.39 is 15.9 Å². The number of methoxy groups -OCH3 is 1. The van der Waals surface area contributed by atoms with Crippen LogP contribution in [0.3, 0.4) is 0 Å². The van der Waals surface area contributed by atoms with Crippen molar-refractivity contribution in [3.8, 4) is 5.75 Å². The van der Waals surface area contributed by atoms with Crippen LogP contribution in [0.25, 0.3) is 10.2 Å². The summed E-state index contributed by atoms with van der Waals surface area (Å²) in [4.78, 5) is 24.9. The lowest BCUT2D eigenvalue weighted by molar-refractivity contribution is -0.123. The number of thiazole rings is 1. The molecule has 1 fully saturated rings. The van der Waals surface area contributed by atoms with E-state index >= 15 is 0 Å². The lowest BCUT2D eigenvalue weighted by atomic mass is 9.98. The highest BCUT2D eigenvalue weighted by Crippen LogP contribution is 2.38. The number of halogens is 1. The van der Waals surface area contributed by atoms with Crippen molar-refractivity contribution in [3.63, 3.8) is 0 Å². The number of fused-ring (bicyclic) bond motifs is 1. The second kappa shape index (κ2) is 10.7. The topological polar surface area (TPSA) is 92.7 Å². The van der Waals surface area contributed by atoms with Crippen molar-refractivity contribution in [3.05, 3.63) is 64.3 Å². The summed E-state index contributed by atoms with van der Waals surface area (Å²) in [6.45, 7) is 2.68. The van der Waals surface area contributed by atoms with Crippen LogP contribution in [0.4, 0.5) is 5.13 Å². The largest absolute Gasteiger partial charge is 0.494 e. The maximum Gasteiger partial charge on any atom is 0.252 e. The van der Waals surface area contributed by atoms with E-state index in [0.717, 1.165) is 21.6 Å². The Morgan fingerprint density at radius 2 is 2.05 bits per heavy atom. The van der Waals surface area contributed by atoms with Crippen LogP contribution >= 0.6 is 34.3 Å². The second-order valence-electron chi connectivity index (χ2n) is 8.77. The van der Waals surface area contributed by atoms with Gasteiger partial charge < -0.3 is 4.74 Å². The Kier molecular flexibility index (Phi) is 7.51. The first-order valence-corrected chi connectivity index (χ1v) is 15.1. The molecule has 1 atom stereocenters. The van der Waals surface area contributed by atoms with E-state index in [1.54, 1.807) is 24.3 Å². The molecule has 0 spiro atoms. The van der Waals surface area contributed by atoms with E-state index in [1.165, 1.54) is 21.7 Å². The van der Waals surface area contributed by atoms with Crippen LogP contribution in [-0.2, 0) is 21.4 Å². The molecule has 37 heavy (non-hydrogen) atoms. The maximum absolute atomic E-state index is 14.0. The zero-order valence-electron chi connectivity index (χ0n) is 20.3. The number of sulfonamides is 1. The number of nitrogens with zero attached hydrogens (tertiary/aromatic N) is 4. The minimum absolute atomic E-state index is 0.0998. The van der Waals surface area contributed by atoms with E-state index in [-0.39, 0.29) is 23.2 Å². The molecular weight excluding hydrogens is 552 g/mol. The monoisotopic (exact) mass is 576 g/mol. The second-order valence-corrected chi connectivity index (χ2v) is 13.6. The molecule has 0 N–H and O–H groups in total. The molecule has 4 aromatic rings. The predicted octanol–water partition coefficient (Wildman–Crippen LogP) is 5.36. The Morgan fingerprint density at radius 1 is 1.22 bits per heavy atom. The van der Waals surface area contributed by atoms with Gasteiger partial charge in [-0.15, -0.1) is 11.3 Å². The number of rotatable bonds is 7. The molecule has 194 valence electrons. The highest BCUT2D eigenvalue weighted by Gasteiger charge is 2.37. The van der Waals surface area contributed by atoms with Gasteiger partial charge in [-0.25, -0.2) is 13.4 Å². The molecular formula is C25H25ClN4O4S3. The number of amides is 1. The summed E-state index contributed by atoms with van der Waals surface area (Å²) < 4.78 is 34.9. The summed E-state index contributed by atoms with van der Waals surface area (Å²) in [6, 6.07) is 12.5. The fraction of sp³-hybridized carbons (Fsp3) is 0.320. The quantitative estimate of drug-likeness (QED) is 0.294. The highest BCUT2D eigenvalue weighted by atomic mass is 35.5. The number of carbonyl (C=O) groups is 1. The third-order valence-corrected chi connectivity index (χ3v) is 11.1. The first-order chi connectivity index (χ1) is 17.8. The van der Waals surface area contributed by atoms with Crippen molar-refractivity contribution in [1.29, 1.82) is 0 Å². The number of benzene rings is 1. The summed E-state index contributed by atoms with van der Waals surface area (Å²) >= 11 is 8.43. The summed E-state index contributed by atoms with van der Waals surface area (Å²) in [5.74, 6) is -0.0546. The fourth-order valence-electron chi connectivity index (χ4n) is 4.42. The molecule has 8 nitrogen and oxygen atoms in total. The molecule has 0 saturated carbocycles. The maximum atomic E-state index is 14.0. The number of anilines is 1. The average molecular weight is 577 g/mol. The third kappa shape index (κ3) is 5.23. The van der Waals surface area contributed by atoms with Crippen LogP contribution in [0.1, 0.15) is 24.1 Å². The third-order valence-electron chi connectivity index (χ3n) is 6.33. The minimum Gasteiger partial charge on any atom is -0.494 e. The number of hydrogen-bond donors (Lipinski definition) is 0. The van der Waals surface area contributed by atoms with Crippen molar-refractivity contribution in [2.24, 2.45) is 5.92 Å². The zero-order valence-corrected chi connectivity index (χ0v) is 23.5. The zero-order chi connectivity index (χ0) is 26.2. The number of hydrogen-bond acceptors (Lipinski definition) is 8. The van der Waals surface area contributed by atoms with E-state index in [1.807, 2.05) is 37.3 Å². The van der Waals surface area contributed by atoms with Crippen LogP contribution in [0, 0.1) is 12.8 Å². The highest BCUT2D eigenvalue weighted by molar-refractivity contribution is 7.91. The lowest BCUT2D eigenvalue weighted by Crippen LogP contribution is -2.46. The first kappa shape index (κ1) is 26.1. The van der Waals surface area contributed by atoms with Gasteiger partial charge in [0.2, 0.25) is 5.91 Å². The van der Waals surface area contributed by atoms with Gasteiger partial charge in [0.05, 0.1) is 34.3 Å². The van der Waals surface area contributed by atoms with Crippen molar-refractivity contribution >= 4 is 65.6 Å². The van der Waals surface area contributed by atoms with Crippen molar-refractivity contribution in [2.45, 2.75) is 30.5 Å². The SMILES string of the molecule is COc1ccc(C)c2sc(N(Cc3ccccn3)C(=O)C3CCCN(S(=O)(=O)c4ccc(Cl)s4)C3)nc12. The van der Waals surface area contributed by atoms with E-state index in [0.29, 0.717) is 45.8 Å².